The molecular formula is C23H15F2NO4S. The van der Waals surface area contributed by atoms with Gasteiger partial charge in [-0.2, -0.15) is 0 Å². The van der Waals surface area contributed by atoms with Crippen molar-refractivity contribution in [2.24, 2.45) is 0 Å². The number of aryl methyl sites for hydroxylation is 1. The highest BCUT2D eigenvalue weighted by Gasteiger charge is 2.25. The molecule has 31 heavy (non-hydrogen) atoms. The molecule has 3 aromatic carbocycles. The molecule has 0 aliphatic heterocycles. The normalized spacial score (nSPS) is 10.9. The molecule has 0 spiro atoms. The Labute approximate surface area is 179 Å². The summed E-state index contributed by atoms with van der Waals surface area (Å²) in [5.41, 5.74) is -0.352. The van der Waals surface area contributed by atoms with Gasteiger partial charge in [-0.1, -0.05) is 36.4 Å². The number of rotatable bonds is 4. The van der Waals surface area contributed by atoms with Gasteiger partial charge in [-0.25, -0.2) is 13.6 Å². The first-order valence-corrected chi connectivity index (χ1v) is 9.99. The lowest BCUT2D eigenvalue weighted by atomic mass is 10.0. The monoisotopic (exact) mass is 439 g/mol. The van der Waals surface area contributed by atoms with Crippen molar-refractivity contribution >= 4 is 39.7 Å². The Morgan fingerprint density at radius 2 is 1.71 bits per heavy atom. The second-order valence-electron chi connectivity index (χ2n) is 6.85. The predicted octanol–water partition coefficient (Wildman–Crippen LogP) is 5.81. The molecule has 5 nitrogen and oxygen atoms in total. The van der Waals surface area contributed by atoms with Crippen LogP contribution in [0.25, 0.3) is 21.2 Å². The number of amides is 1. The number of aromatic hydroxyl groups is 1. The van der Waals surface area contributed by atoms with Crippen molar-refractivity contribution < 1.29 is 28.6 Å². The van der Waals surface area contributed by atoms with Gasteiger partial charge in [0.25, 0.3) is 5.91 Å². The molecule has 0 radical (unpaired) electrons. The summed E-state index contributed by atoms with van der Waals surface area (Å²) in [6.45, 7) is 1.40. The third kappa shape index (κ3) is 3.51. The molecule has 1 aromatic heterocycles. The van der Waals surface area contributed by atoms with Gasteiger partial charge in [0, 0.05) is 16.3 Å². The van der Waals surface area contributed by atoms with E-state index in [1.807, 2.05) is 0 Å². The molecular weight excluding hydrogens is 424 g/mol. The third-order valence-electron chi connectivity index (χ3n) is 4.90. The van der Waals surface area contributed by atoms with Crippen LogP contribution in [-0.2, 0) is 0 Å². The van der Waals surface area contributed by atoms with E-state index in [4.69, 9.17) is 0 Å². The van der Waals surface area contributed by atoms with Crippen molar-refractivity contribution in [2.75, 3.05) is 5.32 Å². The van der Waals surface area contributed by atoms with Crippen LogP contribution < -0.4 is 5.32 Å². The van der Waals surface area contributed by atoms with Crippen molar-refractivity contribution in [3.63, 3.8) is 0 Å². The molecule has 0 fully saturated rings. The van der Waals surface area contributed by atoms with E-state index in [2.05, 4.69) is 5.32 Å². The number of anilines is 1. The highest BCUT2D eigenvalue weighted by atomic mass is 32.1. The molecule has 0 atom stereocenters. The molecule has 1 amide bonds. The van der Waals surface area contributed by atoms with Crippen LogP contribution in [0.1, 0.15) is 26.3 Å². The Morgan fingerprint density at radius 3 is 2.42 bits per heavy atom. The van der Waals surface area contributed by atoms with Gasteiger partial charge in [0.1, 0.15) is 11.3 Å². The molecule has 156 valence electrons. The van der Waals surface area contributed by atoms with Gasteiger partial charge < -0.3 is 15.5 Å². The van der Waals surface area contributed by atoms with E-state index in [0.717, 1.165) is 11.3 Å². The fourth-order valence-corrected chi connectivity index (χ4v) is 4.39. The highest BCUT2D eigenvalue weighted by Crippen LogP contribution is 2.39. The van der Waals surface area contributed by atoms with E-state index in [-0.39, 0.29) is 38.6 Å². The minimum absolute atomic E-state index is 0.0139. The summed E-state index contributed by atoms with van der Waals surface area (Å²) in [5.74, 6) is -4.34. The van der Waals surface area contributed by atoms with E-state index >= 15 is 0 Å². The fraction of sp³-hybridized carbons (Fsp3) is 0.0435. The number of carbonyl (C=O) groups excluding carboxylic acids is 1. The van der Waals surface area contributed by atoms with E-state index in [1.54, 1.807) is 24.3 Å². The number of carboxylic acid groups (broad SMARTS) is 1. The van der Waals surface area contributed by atoms with Crippen LogP contribution >= 0.6 is 11.3 Å². The lowest BCUT2D eigenvalue weighted by Crippen LogP contribution is -2.14. The minimum atomic E-state index is -1.40. The Kier molecular flexibility index (Phi) is 5.16. The number of phenols is 1. The van der Waals surface area contributed by atoms with Crippen LogP contribution in [0, 0.1) is 18.6 Å². The van der Waals surface area contributed by atoms with Gasteiger partial charge in [-0.05, 0) is 30.0 Å². The van der Waals surface area contributed by atoms with Gasteiger partial charge in [-0.15, -0.1) is 11.3 Å². The zero-order valence-electron chi connectivity index (χ0n) is 16.1. The smallest absolute Gasteiger partial charge is 0.339 e. The first kappa shape index (κ1) is 20.5. The predicted molar refractivity (Wildman–Crippen MR) is 115 cm³/mol. The van der Waals surface area contributed by atoms with Crippen LogP contribution in [-0.4, -0.2) is 22.1 Å². The first-order chi connectivity index (χ1) is 14.8. The lowest BCUT2D eigenvalue weighted by Gasteiger charge is -2.10. The van der Waals surface area contributed by atoms with Gasteiger partial charge >= 0.3 is 5.97 Å². The fourth-order valence-electron chi connectivity index (χ4n) is 3.38. The number of fused-ring (bicyclic) bond motifs is 1. The summed E-state index contributed by atoms with van der Waals surface area (Å²) < 4.78 is 28.5. The Morgan fingerprint density at radius 1 is 1.00 bits per heavy atom. The number of phenolic OH excluding ortho intramolecular Hbond substituents is 1. The molecule has 4 aromatic rings. The third-order valence-corrected chi connectivity index (χ3v) is 5.91. The number of carboxylic acids is 1. The van der Waals surface area contributed by atoms with Crippen LogP contribution in [0.3, 0.4) is 0 Å². The number of carbonyl (C=O) groups is 2. The largest absolute Gasteiger partial charge is 0.507 e. The van der Waals surface area contributed by atoms with Crippen molar-refractivity contribution in [2.45, 2.75) is 6.92 Å². The van der Waals surface area contributed by atoms with E-state index in [9.17, 15) is 28.6 Å². The standard InChI is InChI=1S/C23H15F2NO4S/c1-11-8-9-14(20(25)19(11)24)21-18(23(29)30)15(10-31-21)26-22(28)13-6-2-4-12-5-3-7-16(27)17(12)13/h2-10,27H,1H3,(H,26,28)(H,29,30). The van der Waals surface area contributed by atoms with E-state index in [1.165, 1.54) is 36.6 Å². The second-order valence-corrected chi connectivity index (χ2v) is 7.73. The summed E-state index contributed by atoms with van der Waals surface area (Å²) in [4.78, 5) is 24.8. The molecule has 3 N–H and O–H groups in total. The number of thiophene rings is 1. The maximum absolute atomic E-state index is 14.5. The molecule has 0 saturated carbocycles. The highest BCUT2D eigenvalue weighted by molar-refractivity contribution is 7.14. The lowest BCUT2D eigenvalue weighted by molar-refractivity contribution is 0.0699. The van der Waals surface area contributed by atoms with Gasteiger partial charge in [0.05, 0.1) is 16.1 Å². The number of nitrogens with one attached hydrogen (secondary N) is 1. The quantitative estimate of drug-likeness (QED) is 0.374. The molecule has 0 unspecified atom stereocenters. The number of hydrogen-bond acceptors (Lipinski definition) is 4. The number of aromatic carboxylic acids is 1. The zero-order valence-corrected chi connectivity index (χ0v) is 16.9. The molecule has 0 bridgehead atoms. The van der Waals surface area contributed by atoms with Crippen LogP contribution in [0.4, 0.5) is 14.5 Å². The SMILES string of the molecule is Cc1ccc(-c2scc(NC(=O)c3cccc4cccc(O)c34)c2C(=O)O)c(F)c1F. The minimum Gasteiger partial charge on any atom is -0.507 e. The number of benzene rings is 3. The molecule has 0 saturated heterocycles. The molecule has 1 heterocycles. The average Bonchev–Trinajstić information content (AvgIpc) is 3.15. The number of halogens is 2. The Balaban J connectivity index is 1.79. The van der Waals surface area contributed by atoms with Crippen LogP contribution in [0.5, 0.6) is 5.75 Å². The van der Waals surface area contributed by atoms with Crippen molar-refractivity contribution in [1.82, 2.24) is 0 Å². The summed E-state index contributed by atoms with van der Waals surface area (Å²) in [5, 5.41) is 24.7. The van der Waals surface area contributed by atoms with Gasteiger partial charge in [0.15, 0.2) is 11.6 Å². The second kappa shape index (κ2) is 7.81. The summed E-state index contributed by atoms with van der Waals surface area (Å²) >= 11 is 0.879. The van der Waals surface area contributed by atoms with Gasteiger partial charge in [0.2, 0.25) is 0 Å². The summed E-state index contributed by atoms with van der Waals surface area (Å²) in [6, 6.07) is 12.3. The Hall–Kier alpha value is -3.78. The Bertz CT molecular complexity index is 1360. The van der Waals surface area contributed by atoms with Crippen molar-refractivity contribution in [1.29, 1.82) is 0 Å². The molecule has 0 aliphatic rings. The molecule has 8 heteroatoms. The number of hydrogen-bond donors (Lipinski definition) is 3. The van der Waals surface area contributed by atoms with Crippen molar-refractivity contribution in [3.05, 3.63) is 82.2 Å². The van der Waals surface area contributed by atoms with Crippen molar-refractivity contribution in [3.8, 4) is 16.2 Å². The van der Waals surface area contributed by atoms with Crippen LogP contribution in [0.15, 0.2) is 53.9 Å². The molecule has 4 rings (SSSR count). The average molecular weight is 439 g/mol. The zero-order chi connectivity index (χ0) is 22.3. The van der Waals surface area contributed by atoms with Crippen LogP contribution in [0.2, 0.25) is 0 Å². The molecule has 0 aliphatic carbocycles. The topological polar surface area (TPSA) is 86.6 Å². The van der Waals surface area contributed by atoms with E-state index < -0.39 is 23.5 Å². The maximum Gasteiger partial charge on any atom is 0.339 e. The maximum atomic E-state index is 14.5. The summed E-state index contributed by atoms with van der Waals surface area (Å²) in [7, 11) is 0. The summed E-state index contributed by atoms with van der Waals surface area (Å²) in [6.07, 6.45) is 0. The first-order valence-electron chi connectivity index (χ1n) is 9.11. The van der Waals surface area contributed by atoms with E-state index in [0.29, 0.717) is 10.8 Å². The van der Waals surface area contributed by atoms with Gasteiger partial charge in [-0.3, -0.25) is 4.79 Å².